The number of ether oxygens (including phenoxy) is 1. The largest absolute Gasteiger partial charge is 0.473 e. The van der Waals surface area contributed by atoms with Crippen LogP contribution >= 0.6 is 0 Å². The molecule has 4 rings (SSSR count). The highest BCUT2D eigenvalue weighted by molar-refractivity contribution is 5.41. The topological polar surface area (TPSA) is 64.5 Å². The van der Waals surface area contributed by atoms with Gasteiger partial charge in [-0.25, -0.2) is 0 Å². The van der Waals surface area contributed by atoms with Crippen LogP contribution < -0.4 is 11.5 Å². The van der Waals surface area contributed by atoms with E-state index in [2.05, 4.69) is 23.4 Å². The molecule has 20 heavy (non-hydrogen) atoms. The number of allylic oxidation sites excluding steroid dienone is 3. The summed E-state index contributed by atoms with van der Waals surface area (Å²) < 4.78 is 6.25. The smallest absolute Gasteiger partial charge is 0.171 e. The lowest BCUT2D eigenvalue weighted by Crippen LogP contribution is -2.47. The van der Waals surface area contributed by atoms with Crippen molar-refractivity contribution < 1.29 is 4.74 Å². The summed E-state index contributed by atoms with van der Waals surface area (Å²) in [5.74, 6) is 1.13. The molecule has 3 heterocycles. The van der Waals surface area contributed by atoms with Gasteiger partial charge in [0.15, 0.2) is 5.72 Å². The molecule has 1 saturated carbocycles. The fourth-order valence-corrected chi connectivity index (χ4v) is 4.32. The molecule has 2 atom stereocenters. The Kier molecular flexibility index (Phi) is 2.57. The lowest BCUT2D eigenvalue weighted by atomic mass is 9.65. The van der Waals surface area contributed by atoms with Crippen molar-refractivity contribution in [3.63, 3.8) is 0 Å². The fourth-order valence-electron chi connectivity index (χ4n) is 4.32. The number of hydrogen-bond acceptors (Lipinski definition) is 4. The van der Waals surface area contributed by atoms with E-state index in [1.54, 1.807) is 0 Å². The molecule has 108 valence electrons. The van der Waals surface area contributed by atoms with Crippen molar-refractivity contribution >= 4 is 0 Å². The number of nitrogens with two attached hydrogens (primary N) is 2. The lowest BCUT2D eigenvalue weighted by Gasteiger charge is -2.42. The van der Waals surface area contributed by atoms with Crippen molar-refractivity contribution in [1.29, 1.82) is 0 Å². The first-order chi connectivity index (χ1) is 9.67. The average Bonchev–Trinajstić information content (AvgIpc) is 2.78. The van der Waals surface area contributed by atoms with Crippen LogP contribution in [-0.2, 0) is 4.74 Å². The standard InChI is InChI=1S/C16H23N3O/c17-11-16(18)10-15-7-3-1-5-12(15)9-19-8-4-2-6-13(19)14(15)20-16/h4,8-9H,1-3,5-7,10-11,17-18H2. The Morgan fingerprint density at radius 2 is 2.20 bits per heavy atom. The van der Waals surface area contributed by atoms with Crippen molar-refractivity contribution in [2.45, 2.75) is 50.7 Å². The molecule has 4 N–H and O–H groups in total. The quantitative estimate of drug-likeness (QED) is 0.769. The summed E-state index contributed by atoms with van der Waals surface area (Å²) in [5.41, 5.74) is 14.4. The number of fused-ring (bicyclic) bond motifs is 1. The average molecular weight is 273 g/mol. The number of rotatable bonds is 1. The first kappa shape index (κ1) is 12.5. The summed E-state index contributed by atoms with van der Waals surface area (Å²) in [6, 6.07) is 0. The summed E-state index contributed by atoms with van der Waals surface area (Å²) >= 11 is 0. The molecule has 3 aliphatic heterocycles. The molecule has 0 aromatic carbocycles. The van der Waals surface area contributed by atoms with Gasteiger partial charge in [0.25, 0.3) is 0 Å². The maximum Gasteiger partial charge on any atom is 0.171 e. The van der Waals surface area contributed by atoms with Crippen LogP contribution in [0.2, 0.25) is 0 Å². The van der Waals surface area contributed by atoms with E-state index in [1.807, 2.05) is 0 Å². The Bertz CT molecular complexity index is 536. The molecule has 0 aromatic rings. The molecule has 1 spiro atoms. The van der Waals surface area contributed by atoms with Gasteiger partial charge in [0.2, 0.25) is 0 Å². The van der Waals surface area contributed by atoms with Crippen LogP contribution in [0.3, 0.4) is 0 Å². The van der Waals surface area contributed by atoms with Gasteiger partial charge in [0, 0.05) is 25.4 Å². The third kappa shape index (κ3) is 1.55. The minimum Gasteiger partial charge on any atom is -0.473 e. The Hall–Kier alpha value is -1.26. The summed E-state index contributed by atoms with van der Waals surface area (Å²) in [4.78, 5) is 2.25. The van der Waals surface area contributed by atoms with Gasteiger partial charge in [-0.15, -0.1) is 0 Å². The molecule has 4 aliphatic rings. The van der Waals surface area contributed by atoms with Crippen LogP contribution in [-0.4, -0.2) is 17.2 Å². The highest BCUT2D eigenvalue weighted by Crippen LogP contribution is 2.60. The van der Waals surface area contributed by atoms with Crippen LogP contribution in [0.15, 0.2) is 35.5 Å². The molecule has 0 bridgehead atoms. The summed E-state index contributed by atoms with van der Waals surface area (Å²) in [5, 5.41) is 0. The Balaban J connectivity index is 1.87. The molecule has 0 aromatic heterocycles. The maximum absolute atomic E-state index is 6.40. The molecule has 1 saturated heterocycles. The molecule has 1 aliphatic carbocycles. The zero-order valence-electron chi connectivity index (χ0n) is 11.9. The molecular formula is C16H23N3O. The Morgan fingerprint density at radius 3 is 3.05 bits per heavy atom. The zero-order valence-corrected chi connectivity index (χ0v) is 11.9. The second kappa shape index (κ2) is 4.12. The van der Waals surface area contributed by atoms with Crippen molar-refractivity contribution in [2.75, 3.05) is 6.54 Å². The third-order valence-electron chi connectivity index (χ3n) is 5.28. The van der Waals surface area contributed by atoms with Crippen LogP contribution in [0.5, 0.6) is 0 Å². The Morgan fingerprint density at radius 1 is 1.30 bits per heavy atom. The normalized spacial score (nSPS) is 38.9. The van der Waals surface area contributed by atoms with E-state index in [9.17, 15) is 0 Å². The summed E-state index contributed by atoms with van der Waals surface area (Å²) in [7, 11) is 0. The van der Waals surface area contributed by atoms with Gasteiger partial charge in [0.05, 0.1) is 11.1 Å². The Labute approximate surface area is 120 Å². The molecule has 2 unspecified atom stereocenters. The summed E-state index contributed by atoms with van der Waals surface area (Å²) in [6.45, 7) is 0.384. The maximum atomic E-state index is 6.40. The molecule has 0 amide bonds. The molecule has 4 heteroatoms. The van der Waals surface area contributed by atoms with Crippen LogP contribution in [0.1, 0.15) is 44.9 Å². The predicted octanol–water partition coefficient (Wildman–Crippen LogP) is 2.30. The highest BCUT2D eigenvalue weighted by Gasteiger charge is 2.56. The van der Waals surface area contributed by atoms with Crippen LogP contribution in [0.4, 0.5) is 0 Å². The second-order valence-corrected chi connectivity index (χ2v) is 6.60. The van der Waals surface area contributed by atoms with E-state index in [4.69, 9.17) is 16.2 Å². The van der Waals surface area contributed by atoms with Gasteiger partial charge in [-0.1, -0.05) is 12.5 Å². The first-order valence-corrected chi connectivity index (χ1v) is 7.75. The van der Waals surface area contributed by atoms with Gasteiger partial charge < -0.3 is 15.4 Å². The fraction of sp³-hybridized carbons (Fsp3) is 0.625. The van der Waals surface area contributed by atoms with E-state index in [0.717, 1.165) is 37.9 Å². The van der Waals surface area contributed by atoms with Gasteiger partial charge in [-0.05, 0) is 37.7 Å². The van der Waals surface area contributed by atoms with E-state index < -0.39 is 5.72 Å². The molecular weight excluding hydrogens is 250 g/mol. The van der Waals surface area contributed by atoms with Crippen LogP contribution in [0, 0.1) is 5.41 Å². The van der Waals surface area contributed by atoms with Crippen LogP contribution in [0.25, 0.3) is 0 Å². The minimum absolute atomic E-state index is 0.0450. The predicted molar refractivity (Wildman–Crippen MR) is 77.9 cm³/mol. The van der Waals surface area contributed by atoms with E-state index in [0.29, 0.717) is 6.54 Å². The van der Waals surface area contributed by atoms with Gasteiger partial charge >= 0.3 is 0 Å². The third-order valence-corrected chi connectivity index (χ3v) is 5.28. The molecule has 4 nitrogen and oxygen atoms in total. The van der Waals surface area contributed by atoms with E-state index in [1.165, 1.54) is 24.1 Å². The van der Waals surface area contributed by atoms with Crippen molar-refractivity contribution in [1.82, 2.24) is 4.90 Å². The van der Waals surface area contributed by atoms with Crippen molar-refractivity contribution in [2.24, 2.45) is 16.9 Å². The van der Waals surface area contributed by atoms with Crippen molar-refractivity contribution in [3.8, 4) is 0 Å². The monoisotopic (exact) mass is 273 g/mol. The molecule has 2 fully saturated rings. The molecule has 0 radical (unpaired) electrons. The van der Waals surface area contributed by atoms with Gasteiger partial charge in [-0.3, -0.25) is 5.73 Å². The van der Waals surface area contributed by atoms with Crippen molar-refractivity contribution in [3.05, 3.63) is 35.5 Å². The van der Waals surface area contributed by atoms with Gasteiger partial charge in [-0.2, -0.15) is 0 Å². The highest BCUT2D eigenvalue weighted by atomic mass is 16.5. The van der Waals surface area contributed by atoms with E-state index in [-0.39, 0.29) is 5.41 Å². The first-order valence-electron chi connectivity index (χ1n) is 7.75. The zero-order chi connectivity index (χ0) is 13.8. The van der Waals surface area contributed by atoms with E-state index >= 15 is 0 Å². The minimum atomic E-state index is -0.685. The SMILES string of the molecule is NCC1(N)CC23CCCCC2=CN2C=CCCC2=C3O1. The summed E-state index contributed by atoms with van der Waals surface area (Å²) in [6.07, 6.45) is 14.5. The lowest BCUT2D eigenvalue weighted by molar-refractivity contribution is 0.0501. The number of hydrogen-bond donors (Lipinski definition) is 2. The van der Waals surface area contributed by atoms with Gasteiger partial charge in [0.1, 0.15) is 5.76 Å². The number of nitrogens with zero attached hydrogens (tertiary/aromatic N) is 1. The second-order valence-electron chi connectivity index (χ2n) is 6.60.